The lowest BCUT2D eigenvalue weighted by atomic mass is 9.85. The molecule has 0 bridgehead atoms. The molecule has 1 saturated heterocycles. The van der Waals surface area contributed by atoms with Crippen LogP contribution in [0.15, 0.2) is 0 Å². The predicted octanol–water partition coefficient (Wildman–Crippen LogP) is -0.839. The van der Waals surface area contributed by atoms with Crippen molar-refractivity contribution < 1.29 is 4.79 Å². The SMILES string of the molecule is CC(=O)C1(NN)CCNCC1. The molecule has 1 aliphatic rings. The van der Waals surface area contributed by atoms with Crippen molar-refractivity contribution in [2.75, 3.05) is 13.1 Å². The molecule has 1 aliphatic heterocycles. The lowest BCUT2D eigenvalue weighted by Gasteiger charge is -2.34. The van der Waals surface area contributed by atoms with Crippen LogP contribution in [0.4, 0.5) is 0 Å². The van der Waals surface area contributed by atoms with Gasteiger partial charge in [-0.05, 0) is 32.9 Å². The zero-order chi connectivity index (χ0) is 8.32. The Labute approximate surface area is 66.5 Å². The molecule has 4 heteroatoms. The van der Waals surface area contributed by atoms with Crippen molar-refractivity contribution in [3.8, 4) is 0 Å². The summed E-state index contributed by atoms with van der Waals surface area (Å²) in [7, 11) is 0. The van der Waals surface area contributed by atoms with Crippen LogP contribution < -0.4 is 16.6 Å². The second-order valence-corrected chi connectivity index (χ2v) is 3.03. The van der Waals surface area contributed by atoms with E-state index >= 15 is 0 Å². The average Bonchev–Trinajstić information content (AvgIpc) is 2.05. The number of carbonyl (C=O) groups excluding carboxylic acids is 1. The van der Waals surface area contributed by atoms with E-state index < -0.39 is 5.54 Å². The van der Waals surface area contributed by atoms with E-state index in [1.54, 1.807) is 6.92 Å². The van der Waals surface area contributed by atoms with E-state index in [2.05, 4.69) is 10.7 Å². The molecule has 1 rings (SSSR count). The van der Waals surface area contributed by atoms with E-state index in [1.165, 1.54) is 0 Å². The highest BCUT2D eigenvalue weighted by atomic mass is 16.1. The molecule has 64 valence electrons. The van der Waals surface area contributed by atoms with Crippen LogP contribution in [0.5, 0.6) is 0 Å². The van der Waals surface area contributed by atoms with Crippen molar-refractivity contribution in [3.05, 3.63) is 0 Å². The van der Waals surface area contributed by atoms with Crippen LogP contribution >= 0.6 is 0 Å². The van der Waals surface area contributed by atoms with E-state index in [4.69, 9.17) is 5.84 Å². The molecule has 0 unspecified atom stereocenters. The number of hydrogen-bond donors (Lipinski definition) is 3. The highest BCUT2D eigenvalue weighted by Gasteiger charge is 2.35. The first-order valence-electron chi connectivity index (χ1n) is 3.91. The molecule has 0 saturated carbocycles. The Hall–Kier alpha value is -0.450. The van der Waals surface area contributed by atoms with E-state index in [0.29, 0.717) is 0 Å². The molecule has 0 spiro atoms. The Morgan fingerprint density at radius 1 is 1.55 bits per heavy atom. The van der Waals surface area contributed by atoms with Crippen LogP contribution in [0.3, 0.4) is 0 Å². The second-order valence-electron chi connectivity index (χ2n) is 3.03. The van der Waals surface area contributed by atoms with Gasteiger partial charge in [0.05, 0.1) is 5.54 Å². The first-order valence-corrected chi connectivity index (χ1v) is 3.91. The van der Waals surface area contributed by atoms with Crippen molar-refractivity contribution >= 4 is 5.78 Å². The van der Waals surface area contributed by atoms with Crippen LogP contribution in [0.2, 0.25) is 0 Å². The van der Waals surface area contributed by atoms with E-state index in [0.717, 1.165) is 25.9 Å². The van der Waals surface area contributed by atoms with Crippen molar-refractivity contribution in [3.63, 3.8) is 0 Å². The fraction of sp³-hybridized carbons (Fsp3) is 0.857. The summed E-state index contributed by atoms with van der Waals surface area (Å²) in [5.41, 5.74) is 2.17. The number of nitrogens with one attached hydrogen (secondary N) is 2. The molecule has 4 N–H and O–H groups in total. The summed E-state index contributed by atoms with van der Waals surface area (Å²) in [5.74, 6) is 5.48. The normalized spacial score (nSPS) is 23.1. The molecule has 11 heavy (non-hydrogen) atoms. The molecule has 0 amide bonds. The number of nitrogens with two attached hydrogens (primary N) is 1. The van der Waals surface area contributed by atoms with E-state index in [-0.39, 0.29) is 5.78 Å². The van der Waals surface area contributed by atoms with Crippen molar-refractivity contribution in [2.45, 2.75) is 25.3 Å². The second kappa shape index (κ2) is 3.30. The van der Waals surface area contributed by atoms with Gasteiger partial charge in [-0.2, -0.15) is 0 Å². The van der Waals surface area contributed by atoms with Crippen molar-refractivity contribution in [1.82, 2.24) is 10.7 Å². The van der Waals surface area contributed by atoms with Crippen LogP contribution in [-0.2, 0) is 4.79 Å². The van der Waals surface area contributed by atoms with Gasteiger partial charge in [0.1, 0.15) is 0 Å². The van der Waals surface area contributed by atoms with Gasteiger partial charge in [0, 0.05) is 0 Å². The summed E-state index contributed by atoms with van der Waals surface area (Å²) >= 11 is 0. The van der Waals surface area contributed by atoms with Gasteiger partial charge in [0.2, 0.25) is 0 Å². The number of hydrazine groups is 1. The maximum atomic E-state index is 11.2. The highest BCUT2D eigenvalue weighted by molar-refractivity contribution is 5.86. The first kappa shape index (κ1) is 8.64. The Balaban J connectivity index is 2.64. The van der Waals surface area contributed by atoms with E-state index in [9.17, 15) is 4.79 Å². The standard InChI is InChI=1S/C7H15N3O/c1-6(11)7(10-8)2-4-9-5-3-7/h9-10H,2-5,8H2,1H3. The Morgan fingerprint density at radius 2 is 2.09 bits per heavy atom. The predicted molar refractivity (Wildman–Crippen MR) is 42.8 cm³/mol. The van der Waals surface area contributed by atoms with Gasteiger partial charge in [-0.15, -0.1) is 0 Å². The number of carbonyl (C=O) groups is 1. The molecule has 0 radical (unpaired) electrons. The minimum Gasteiger partial charge on any atom is -0.317 e. The van der Waals surface area contributed by atoms with Crippen LogP contribution in [0, 0.1) is 0 Å². The summed E-state index contributed by atoms with van der Waals surface area (Å²) in [6, 6.07) is 0. The number of ketones is 1. The third-order valence-corrected chi connectivity index (χ3v) is 2.41. The van der Waals surface area contributed by atoms with Gasteiger partial charge in [0.25, 0.3) is 0 Å². The lowest BCUT2D eigenvalue weighted by molar-refractivity contribution is -0.124. The monoisotopic (exact) mass is 157 g/mol. The maximum absolute atomic E-state index is 11.2. The summed E-state index contributed by atoms with van der Waals surface area (Å²) in [6.45, 7) is 3.32. The Bertz CT molecular complexity index is 152. The molecule has 0 atom stereocenters. The van der Waals surface area contributed by atoms with Gasteiger partial charge < -0.3 is 5.32 Å². The molecule has 0 aromatic carbocycles. The van der Waals surface area contributed by atoms with Gasteiger partial charge in [-0.1, -0.05) is 0 Å². The molecule has 0 aromatic heterocycles. The third-order valence-electron chi connectivity index (χ3n) is 2.41. The highest BCUT2D eigenvalue weighted by Crippen LogP contribution is 2.17. The average molecular weight is 157 g/mol. The van der Waals surface area contributed by atoms with Gasteiger partial charge in [0.15, 0.2) is 5.78 Å². The number of hydrogen-bond acceptors (Lipinski definition) is 4. The largest absolute Gasteiger partial charge is 0.317 e. The zero-order valence-corrected chi connectivity index (χ0v) is 6.81. The molecule has 1 fully saturated rings. The fourth-order valence-corrected chi connectivity index (χ4v) is 1.45. The molecule has 4 nitrogen and oxygen atoms in total. The fourth-order valence-electron chi connectivity index (χ4n) is 1.45. The molecular weight excluding hydrogens is 142 g/mol. The quantitative estimate of drug-likeness (QED) is 0.361. The van der Waals surface area contributed by atoms with Gasteiger partial charge in [-0.25, -0.2) is 5.43 Å². The first-order chi connectivity index (χ1) is 5.21. The minimum atomic E-state index is -0.453. The summed E-state index contributed by atoms with van der Waals surface area (Å²) in [4.78, 5) is 11.2. The lowest BCUT2D eigenvalue weighted by Crippen LogP contribution is -2.59. The van der Waals surface area contributed by atoms with Gasteiger partial charge >= 0.3 is 0 Å². The van der Waals surface area contributed by atoms with Crippen LogP contribution in [0.1, 0.15) is 19.8 Å². The zero-order valence-electron chi connectivity index (χ0n) is 6.81. The number of rotatable bonds is 2. The topological polar surface area (TPSA) is 67.2 Å². The van der Waals surface area contributed by atoms with E-state index in [1.807, 2.05) is 0 Å². The maximum Gasteiger partial charge on any atom is 0.151 e. The van der Waals surface area contributed by atoms with Crippen LogP contribution in [-0.4, -0.2) is 24.4 Å². The molecule has 1 heterocycles. The minimum absolute atomic E-state index is 0.140. The smallest absolute Gasteiger partial charge is 0.151 e. The van der Waals surface area contributed by atoms with Crippen LogP contribution in [0.25, 0.3) is 0 Å². The summed E-state index contributed by atoms with van der Waals surface area (Å²) < 4.78 is 0. The molecule has 0 aliphatic carbocycles. The molecular formula is C7H15N3O. The Morgan fingerprint density at radius 3 is 2.36 bits per heavy atom. The summed E-state index contributed by atoms with van der Waals surface area (Å²) in [5, 5.41) is 3.18. The summed E-state index contributed by atoms with van der Waals surface area (Å²) in [6.07, 6.45) is 1.58. The third kappa shape index (κ3) is 1.58. The Kier molecular flexibility index (Phi) is 2.59. The number of piperidine rings is 1. The van der Waals surface area contributed by atoms with Crippen molar-refractivity contribution in [2.24, 2.45) is 5.84 Å². The number of Topliss-reactive ketones (excluding diaryl/α,β-unsaturated/α-hetero) is 1. The van der Waals surface area contributed by atoms with Gasteiger partial charge in [-0.3, -0.25) is 10.6 Å². The molecule has 0 aromatic rings. The van der Waals surface area contributed by atoms with Crippen molar-refractivity contribution in [1.29, 1.82) is 0 Å².